The summed E-state index contributed by atoms with van der Waals surface area (Å²) in [7, 11) is 0. The predicted octanol–water partition coefficient (Wildman–Crippen LogP) is 2.33. The van der Waals surface area contributed by atoms with Crippen LogP contribution in [-0.2, 0) is 9.59 Å². The normalized spacial score (nSPS) is 30.1. The van der Waals surface area contributed by atoms with Crippen LogP contribution < -0.4 is 5.32 Å². The summed E-state index contributed by atoms with van der Waals surface area (Å²) < 4.78 is 0. The van der Waals surface area contributed by atoms with E-state index in [1.807, 2.05) is 6.92 Å². The maximum absolute atomic E-state index is 12.2. The summed E-state index contributed by atoms with van der Waals surface area (Å²) >= 11 is 0. The maximum Gasteiger partial charge on any atom is 0.246 e. The Hall–Kier alpha value is -0.900. The van der Waals surface area contributed by atoms with Crippen LogP contribution in [0.15, 0.2) is 0 Å². The van der Waals surface area contributed by atoms with Crippen molar-refractivity contribution in [3.05, 3.63) is 0 Å². The van der Waals surface area contributed by atoms with Gasteiger partial charge in [-0.25, -0.2) is 0 Å². The van der Waals surface area contributed by atoms with Gasteiger partial charge in [0.25, 0.3) is 0 Å². The minimum atomic E-state index is -0.308. The van der Waals surface area contributed by atoms with E-state index in [4.69, 9.17) is 0 Å². The largest absolute Gasteiger partial charge is 0.303 e. The molecule has 0 radical (unpaired) electrons. The number of likely N-dealkylation sites (tertiary alicyclic amines) is 1. The van der Waals surface area contributed by atoms with Crippen LogP contribution in [0.5, 0.6) is 0 Å². The highest BCUT2D eigenvalue weighted by Crippen LogP contribution is 2.45. The molecule has 2 rings (SSSR count). The molecule has 1 heterocycles. The van der Waals surface area contributed by atoms with Gasteiger partial charge in [-0.1, -0.05) is 27.7 Å². The van der Waals surface area contributed by atoms with Crippen LogP contribution in [0.3, 0.4) is 0 Å². The number of carbonyl (C=O) groups excluding carboxylic acids is 2. The van der Waals surface area contributed by atoms with Crippen LogP contribution in [0.1, 0.15) is 60.3 Å². The Labute approximate surface area is 122 Å². The second-order valence-electron chi connectivity index (χ2n) is 8.01. The van der Waals surface area contributed by atoms with Gasteiger partial charge in [0.2, 0.25) is 11.8 Å². The number of likely N-dealkylation sites (N-methyl/N-ethyl adjacent to an activating group) is 1. The average molecular weight is 280 g/mol. The molecule has 4 nitrogen and oxygen atoms in total. The smallest absolute Gasteiger partial charge is 0.246 e. The number of imide groups is 1. The molecule has 0 aromatic rings. The molecule has 0 aromatic carbocycles. The maximum atomic E-state index is 12.2. The molecular formula is C16H28N2O2. The lowest BCUT2D eigenvalue weighted by molar-refractivity contribution is -0.138. The Kier molecular flexibility index (Phi) is 3.98. The zero-order valence-corrected chi connectivity index (χ0v) is 13.5. The first-order valence-electron chi connectivity index (χ1n) is 7.74. The van der Waals surface area contributed by atoms with E-state index in [1.165, 1.54) is 11.3 Å². The van der Waals surface area contributed by atoms with E-state index in [2.05, 4.69) is 33.0 Å². The van der Waals surface area contributed by atoms with Crippen molar-refractivity contribution < 1.29 is 9.59 Å². The van der Waals surface area contributed by atoms with Gasteiger partial charge in [-0.3, -0.25) is 14.5 Å². The van der Waals surface area contributed by atoms with E-state index in [0.29, 0.717) is 19.0 Å². The summed E-state index contributed by atoms with van der Waals surface area (Å²) in [5.74, 6) is -0.0805. The monoisotopic (exact) mass is 280 g/mol. The number of hydrogen-bond donors (Lipinski definition) is 1. The molecule has 2 fully saturated rings. The Morgan fingerprint density at radius 1 is 1.15 bits per heavy atom. The third-order valence-corrected chi connectivity index (χ3v) is 4.55. The van der Waals surface area contributed by atoms with E-state index in [9.17, 15) is 9.59 Å². The molecule has 2 aliphatic rings. The van der Waals surface area contributed by atoms with Crippen LogP contribution >= 0.6 is 0 Å². The average Bonchev–Trinajstić information content (AvgIpc) is 2.49. The molecule has 1 saturated heterocycles. The molecule has 1 aliphatic carbocycles. The Bertz CT molecular complexity index is 399. The van der Waals surface area contributed by atoms with Gasteiger partial charge in [-0.2, -0.15) is 0 Å². The van der Waals surface area contributed by atoms with Crippen molar-refractivity contribution in [1.29, 1.82) is 0 Å². The van der Waals surface area contributed by atoms with Gasteiger partial charge in [0.1, 0.15) is 0 Å². The fourth-order valence-electron chi connectivity index (χ4n) is 4.39. The molecule has 2 amide bonds. The number of carbonyl (C=O) groups is 2. The van der Waals surface area contributed by atoms with Crippen LogP contribution in [0.4, 0.5) is 0 Å². The SMILES string of the molecule is CCN1C(=O)CC(NC2CC(C)(C)CC(C)(C)C2)C1=O. The third kappa shape index (κ3) is 3.22. The van der Waals surface area contributed by atoms with Gasteiger partial charge in [0.15, 0.2) is 0 Å². The summed E-state index contributed by atoms with van der Waals surface area (Å²) in [6.07, 6.45) is 3.67. The van der Waals surface area contributed by atoms with Gasteiger partial charge in [0, 0.05) is 12.6 Å². The molecule has 1 N–H and O–H groups in total. The zero-order valence-electron chi connectivity index (χ0n) is 13.5. The second-order valence-corrected chi connectivity index (χ2v) is 8.01. The van der Waals surface area contributed by atoms with E-state index in [0.717, 1.165) is 12.8 Å². The van der Waals surface area contributed by atoms with Crippen molar-refractivity contribution >= 4 is 11.8 Å². The first-order chi connectivity index (χ1) is 9.13. The van der Waals surface area contributed by atoms with Gasteiger partial charge < -0.3 is 5.32 Å². The van der Waals surface area contributed by atoms with Crippen LogP contribution in [-0.4, -0.2) is 35.3 Å². The van der Waals surface area contributed by atoms with Gasteiger partial charge in [0.05, 0.1) is 12.5 Å². The molecule has 20 heavy (non-hydrogen) atoms. The van der Waals surface area contributed by atoms with Crippen molar-refractivity contribution in [2.75, 3.05) is 6.54 Å². The predicted molar refractivity (Wildman–Crippen MR) is 79.1 cm³/mol. The Morgan fingerprint density at radius 2 is 1.70 bits per heavy atom. The van der Waals surface area contributed by atoms with Crippen LogP contribution in [0.2, 0.25) is 0 Å². The van der Waals surface area contributed by atoms with Crippen molar-refractivity contribution in [1.82, 2.24) is 10.2 Å². The first kappa shape index (κ1) is 15.5. The number of amides is 2. The highest BCUT2D eigenvalue weighted by atomic mass is 16.2. The number of hydrogen-bond acceptors (Lipinski definition) is 3. The second kappa shape index (κ2) is 5.14. The van der Waals surface area contributed by atoms with Crippen LogP contribution in [0.25, 0.3) is 0 Å². The molecule has 1 saturated carbocycles. The molecule has 0 aromatic heterocycles. The topological polar surface area (TPSA) is 49.4 Å². The highest BCUT2D eigenvalue weighted by Gasteiger charge is 2.43. The molecular weight excluding hydrogens is 252 g/mol. The van der Waals surface area contributed by atoms with Crippen molar-refractivity contribution in [3.63, 3.8) is 0 Å². The molecule has 1 atom stereocenters. The van der Waals surface area contributed by atoms with E-state index >= 15 is 0 Å². The summed E-state index contributed by atoms with van der Waals surface area (Å²) in [4.78, 5) is 25.3. The Balaban J connectivity index is 2.03. The van der Waals surface area contributed by atoms with E-state index in [1.54, 1.807) is 0 Å². The lowest BCUT2D eigenvalue weighted by Gasteiger charge is -2.45. The van der Waals surface area contributed by atoms with Crippen molar-refractivity contribution in [2.45, 2.75) is 72.4 Å². The molecule has 114 valence electrons. The lowest BCUT2D eigenvalue weighted by atomic mass is 9.63. The fraction of sp³-hybridized carbons (Fsp3) is 0.875. The standard InChI is InChI=1S/C16H28N2O2/c1-6-18-13(19)7-12(14(18)20)17-11-8-15(2,3)10-16(4,5)9-11/h11-12,17H,6-10H2,1-5H3. The van der Waals surface area contributed by atoms with E-state index in [-0.39, 0.29) is 28.7 Å². The molecule has 0 bridgehead atoms. The highest BCUT2D eigenvalue weighted by molar-refractivity contribution is 6.05. The minimum Gasteiger partial charge on any atom is -0.303 e. The lowest BCUT2D eigenvalue weighted by Crippen LogP contribution is -2.49. The Morgan fingerprint density at radius 3 is 2.15 bits per heavy atom. The van der Waals surface area contributed by atoms with Gasteiger partial charge in [-0.15, -0.1) is 0 Å². The quantitative estimate of drug-likeness (QED) is 0.807. The van der Waals surface area contributed by atoms with Gasteiger partial charge >= 0.3 is 0 Å². The summed E-state index contributed by atoms with van der Waals surface area (Å²) in [5, 5.41) is 3.46. The van der Waals surface area contributed by atoms with Crippen molar-refractivity contribution in [3.8, 4) is 0 Å². The summed E-state index contributed by atoms with van der Waals surface area (Å²) in [6.45, 7) is 11.5. The van der Waals surface area contributed by atoms with Gasteiger partial charge in [-0.05, 0) is 37.0 Å². The molecule has 1 aliphatic heterocycles. The third-order valence-electron chi connectivity index (χ3n) is 4.55. The minimum absolute atomic E-state index is 0.0377. The van der Waals surface area contributed by atoms with Crippen molar-refractivity contribution in [2.24, 2.45) is 10.8 Å². The number of nitrogens with one attached hydrogen (secondary N) is 1. The van der Waals surface area contributed by atoms with E-state index < -0.39 is 0 Å². The molecule has 1 unspecified atom stereocenters. The molecule has 4 heteroatoms. The summed E-state index contributed by atoms with van der Waals surface area (Å²) in [5.41, 5.74) is 0.574. The van der Waals surface area contributed by atoms with Crippen LogP contribution in [0, 0.1) is 10.8 Å². The zero-order chi connectivity index (χ0) is 15.1. The fourth-order valence-corrected chi connectivity index (χ4v) is 4.39. The first-order valence-corrected chi connectivity index (χ1v) is 7.74. The summed E-state index contributed by atoms with van der Waals surface area (Å²) in [6, 6.07) is 0.0180. The molecule has 0 spiro atoms. The number of nitrogens with zero attached hydrogens (tertiary/aromatic N) is 1. The number of rotatable bonds is 3.